The van der Waals surface area contributed by atoms with Gasteiger partial charge in [-0.05, 0) is 70.1 Å². The molecule has 0 atom stereocenters. The zero-order chi connectivity index (χ0) is 21.6. The van der Waals surface area contributed by atoms with Gasteiger partial charge >= 0.3 is 0 Å². The van der Waals surface area contributed by atoms with Crippen molar-refractivity contribution in [1.82, 2.24) is 20.2 Å². The quantitative estimate of drug-likeness (QED) is 0.787. The van der Waals surface area contributed by atoms with E-state index < -0.39 is 5.56 Å². The Hall–Kier alpha value is -2.92. The van der Waals surface area contributed by atoms with Gasteiger partial charge in [-0.1, -0.05) is 0 Å². The van der Waals surface area contributed by atoms with Crippen LogP contribution in [0.3, 0.4) is 0 Å². The maximum Gasteiger partial charge on any atom is 0.270 e. The van der Waals surface area contributed by atoms with Gasteiger partial charge in [0.25, 0.3) is 11.5 Å². The van der Waals surface area contributed by atoms with E-state index in [1.54, 1.807) is 6.07 Å². The fraction of sp³-hybridized carbons (Fsp3) is 0.565. The maximum atomic E-state index is 12.9. The van der Waals surface area contributed by atoms with Gasteiger partial charge in [-0.2, -0.15) is 5.26 Å². The van der Waals surface area contributed by atoms with Crippen molar-refractivity contribution in [2.75, 3.05) is 38.1 Å². The van der Waals surface area contributed by atoms with Crippen molar-refractivity contribution in [1.29, 1.82) is 5.26 Å². The molecule has 162 valence electrons. The van der Waals surface area contributed by atoms with Crippen LogP contribution in [0.5, 0.6) is 0 Å². The summed E-state index contributed by atoms with van der Waals surface area (Å²) in [5, 5.41) is 13.5. The van der Waals surface area contributed by atoms with Crippen LogP contribution < -0.4 is 15.8 Å². The Bertz CT molecular complexity index is 1110. The summed E-state index contributed by atoms with van der Waals surface area (Å²) < 4.78 is 0. The Morgan fingerprint density at radius 3 is 2.58 bits per heavy atom. The van der Waals surface area contributed by atoms with Crippen LogP contribution in [0, 0.1) is 16.7 Å². The molecule has 2 aliphatic heterocycles. The summed E-state index contributed by atoms with van der Waals surface area (Å²) in [5.74, 6) is -0.206. The monoisotopic (exact) mass is 420 g/mol. The SMILES string of the molecule is CN1CCC(NC(=O)c2cc3c(N4CCC5(CC4)CC5)c(C#N)c(=O)[nH]c3cn2)CC1. The van der Waals surface area contributed by atoms with Crippen LogP contribution in [0.2, 0.25) is 0 Å². The minimum absolute atomic E-state index is 0.118. The molecule has 3 fully saturated rings. The highest BCUT2D eigenvalue weighted by Gasteiger charge is 2.44. The first-order valence-electron chi connectivity index (χ1n) is 11.2. The van der Waals surface area contributed by atoms with Crippen LogP contribution in [0.4, 0.5) is 5.69 Å². The van der Waals surface area contributed by atoms with E-state index in [0.29, 0.717) is 27.7 Å². The average Bonchev–Trinajstić information content (AvgIpc) is 3.53. The van der Waals surface area contributed by atoms with E-state index in [2.05, 4.69) is 38.2 Å². The number of anilines is 1. The van der Waals surface area contributed by atoms with E-state index in [9.17, 15) is 14.9 Å². The third kappa shape index (κ3) is 3.79. The molecule has 8 heteroatoms. The lowest BCUT2D eigenvalue weighted by molar-refractivity contribution is 0.0912. The van der Waals surface area contributed by atoms with Gasteiger partial charge in [-0.3, -0.25) is 9.59 Å². The molecule has 2 aromatic rings. The summed E-state index contributed by atoms with van der Waals surface area (Å²) in [4.78, 5) is 36.9. The number of likely N-dealkylation sites (tertiary alicyclic amines) is 1. The number of aromatic amines is 1. The Morgan fingerprint density at radius 1 is 1.23 bits per heavy atom. The third-order valence-electron chi connectivity index (χ3n) is 7.37. The molecular formula is C23H28N6O2. The zero-order valence-corrected chi connectivity index (χ0v) is 17.9. The van der Waals surface area contributed by atoms with Crippen LogP contribution in [0.15, 0.2) is 17.1 Å². The molecule has 0 aromatic carbocycles. The van der Waals surface area contributed by atoms with Crippen LogP contribution in [-0.4, -0.2) is 60.0 Å². The largest absolute Gasteiger partial charge is 0.370 e. The molecule has 0 unspecified atom stereocenters. The molecule has 4 heterocycles. The van der Waals surface area contributed by atoms with E-state index in [4.69, 9.17) is 0 Å². The fourth-order valence-electron chi connectivity index (χ4n) is 5.03. The topological polar surface area (TPSA) is 105 Å². The fourth-order valence-corrected chi connectivity index (χ4v) is 5.03. The van der Waals surface area contributed by atoms with Gasteiger partial charge < -0.3 is 20.1 Å². The molecule has 8 nitrogen and oxygen atoms in total. The van der Waals surface area contributed by atoms with E-state index >= 15 is 0 Å². The van der Waals surface area contributed by atoms with Crippen molar-refractivity contribution < 1.29 is 4.79 Å². The molecule has 2 aromatic heterocycles. The minimum atomic E-state index is -0.401. The summed E-state index contributed by atoms with van der Waals surface area (Å²) in [7, 11) is 2.09. The number of fused-ring (bicyclic) bond motifs is 1. The van der Waals surface area contributed by atoms with Gasteiger partial charge in [-0.15, -0.1) is 0 Å². The predicted molar refractivity (Wildman–Crippen MR) is 118 cm³/mol. The lowest BCUT2D eigenvalue weighted by Crippen LogP contribution is -2.43. The summed E-state index contributed by atoms with van der Waals surface area (Å²) in [6.45, 7) is 3.58. The summed E-state index contributed by atoms with van der Waals surface area (Å²) in [6.07, 6.45) is 8.12. The van der Waals surface area contributed by atoms with E-state index in [1.165, 1.54) is 19.0 Å². The first-order valence-corrected chi connectivity index (χ1v) is 11.2. The summed E-state index contributed by atoms with van der Waals surface area (Å²) in [5.41, 5.74) is 1.73. The van der Waals surface area contributed by atoms with E-state index in [-0.39, 0.29) is 17.5 Å². The molecule has 2 saturated heterocycles. The van der Waals surface area contributed by atoms with Crippen LogP contribution in [-0.2, 0) is 0 Å². The number of amides is 1. The van der Waals surface area contributed by atoms with Gasteiger partial charge in [0.05, 0.1) is 17.4 Å². The molecule has 0 bridgehead atoms. The Labute approximate surface area is 181 Å². The number of aromatic nitrogens is 2. The van der Waals surface area contributed by atoms with Crippen molar-refractivity contribution >= 4 is 22.5 Å². The number of nitrogens with zero attached hydrogens (tertiary/aromatic N) is 4. The van der Waals surface area contributed by atoms with E-state index in [0.717, 1.165) is 51.9 Å². The highest BCUT2D eigenvalue weighted by atomic mass is 16.2. The van der Waals surface area contributed by atoms with Gasteiger partial charge in [-0.25, -0.2) is 4.98 Å². The van der Waals surface area contributed by atoms with Gasteiger partial charge in [0.15, 0.2) is 0 Å². The third-order valence-corrected chi connectivity index (χ3v) is 7.37. The maximum absolute atomic E-state index is 12.9. The summed E-state index contributed by atoms with van der Waals surface area (Å²) >= 11 is 0. The Kier molecular flexibility index (Phi) is 4.94. The number of pyridine rings is 2. The number of carbonyl (C=O) groups excluding carboxylic acids is 1. The molecule has 31 heavy (non-hydrogen) atoms. The second-order valence-corrected chi connectivity index (χ2v) is 9.44. The number of hydrogen-bond acceptors (Lipinski definition) is 6. The average molecular weight is 421 g/mol. The second kappa shape index (κ2) is 7.65. The molecule has 1 aliphatic carbocycles. The van der Waals surface area contributed by atoms with Crippen molar-refractivity contribution in [2.45, 2.75) is 44.6 Å². The number of rotatable bonds is 3. The van der Waals surface area contributed by atoms with Gasteiger partial charge in [0, 0.05) is 24.5 Å². The number of hydrogen-bond donors (Lipinski definition) is 2. The number of nitrogens with one attached hydrogen (secondary N) is 2. The molecule has 5 rings (SSSR count). The second-order valence-electron chi connectivity index (χ2n) is 9.44. The Morgan fingerprint density at radius 2 is 1.94 bits per heavy atom. The number of piperidine rings is 2. The lowest BCUT2D eigenvalue weighted by atomic mass is 9.92. The highest BCUT2D eigenvalue weighted by Crippen LogP contribution is 2.54. The first kappa shape index (κ1) is 20.0. The lowest BCUT2D eigenvalue weighted by Gasteiger charge is -2.34. The van der Waals surface area contributed by atoms with Crippen LogP contribution >= 0.6 is 0 Å². The standard InChI is InChI=1S/C23H28N6O2/c1-28-8-2-15(3-9-28)26-22(31)18-12-16-19(14-25-18)27-21(30)17(13-24)20(16)29-10-6-23(4-5-23)7-11-29/h12,14-15H,2-11H2,1H3,(H,26,31)(H,27,30). The molecule has 1 saturated carbocycles. The van der Waals surface area contributed by atoms with Crippen LogP contribution in [0.25, 0.3) is 10.9 Å². The van der Waals surface area contributed by atoms with E-state index in [1.807, 2.05) is 0 Å². The van der Waals surface area contributed by atoms with Crippen molar-refractivity contribution in [3.63, 3.8) is 0 Å². The molecule has 2 N–H and O–H groups in total. The molecule has 0 radical (unpaired) electrons. The van der Waals surface area contributed by atoms with Crippen LogP contribution in [0.1, 0.15) is 54.6 Å². The molecule has 1 amide bonds. The number of nitriles is 1. The smallest absolute Gasteiger partial charge is 0.270 e. The van der Waals surface area contributed by atoms with Crippen molar-refractivity contribution in [3.8, 4) is 6.07 Å². The first-order chi connectivity index (χ1) is 15.0. The normalized spacial score (nSPS) is 21.2. The van der Waals surface area contributed by atoms with Gasteiger partial charge in [0.1, 0.15) is 17.3 Å². The van der Waals surface area contributed by atoms with Gasteiger partial charge in [0.2, 0.25) is 0 Å². The zero-order valence-electron chi connectivity index (χ0n) is 17.9. The molecule has 1 spiro atoms. The summed E-state index contributed by atoms with van der Waals surface area (Å²) in [6, 6.07) is 3.97. The molecule has 3 aliphatic rings. The minimum Gasteiger partial charge on any atom is -0.370 e. The van der Waals surface area contributed by atoms with Crippen molar-refractivity contribution in [3.05, 3.63) is 33.9 Å². The van der Waals surface area contributed by atoms with Crippen molar-refractivity contribution in [2.24, 2.45) is 5.41 Å². The predicted octanol–water partition coefficient (Wildman–Crippen LogP) is 2.00. The number of H-pyrrole nitrogens is 1. The Balaban J connectivity index is 1.48. The number of carbonyl (C=O) groups is 1. The molecular weight excluding hydrogens is 392 g/mol. The highest BCUT2D eigenvalue weighted by molar-refractivity contribution is 6.00.